The van der Waals surface area contributed by atoms with E-state index in [-0.39, 0.29) is 18.9 Å². The van der Waals surface area contributed by atoms with E-state index in [0.29, 0.717) is 11.3 Å². The molecule has 1 rings (SSSR count). The van der Waals surface area contributed by atoms with Crippen molar-refractivity contribution in [3.8, 4) is 0 Å². The minimum Gasteiger partial charge on any atom is -0.394 e. The number of nitrogens with zero attached hydrogens (tertiary/aromatic N) is 1. The van der Waals surface area contributed by atoms with Crippen LogP contribution < -0.4 is 5.32 Å². The highest BCUT2D eigenvalue weighted by Crippen LogP contribution is 2.21. The van der Waals surface area contributed by atoms with Crippen LogP contribution in [0.4, 0.5) is 11.4 Å². The molecule has 0 aromatic heterocycles. The van der Waals surface area contributed by atoms with Crippen LogP contribution in [0.5, 0.6) is 0 Å². The molecule has 0 heterocycles. The number of aliphatic hydroxyl groups excluding tert-OH is 2. The predicted octanol–water partition coefficient (Wildman–Crippen LogP) is 0.668. The molecular formula is C10H14N2O4. The van der Waals surface area contributed by atoms with Gasteiger partial charge in [0.2, 0.25) is 0 Å². The fraction of sp³-hybridized carbons (Fsp3) is 0.400. The Hall–Kier alpha value is -1.66. The normalized spacial score (nSPS) is 10.5. The Morgan fingerprint density at radius 2 is 2.06 bits per heavy atom. The number of aliphatic hydroxyl groups is 2. The summed E-state index contributed by atoms with van der Waals surface area (Å²) in [6.07, 6.45) is 0. The third kappa shape index (κ3) is 2.91. The number of rotatable bonds is 5. The van der Waals surface area contributed by atoms with Crippen LogP contribution in [-0.4, -0.2) is 34.4 Å². The van der Waals surface area contributed by atoms with Gasteiger partial charge in [-0.1, -0.05) is 0 Å². The molecule has 0 amide bonds. The van der Waals surface area contributed by atoms with Crippen molar-refractivity contribution in [1.82, 2.24) is 0 Å². The summed E-state index contributed by atoms with van der Waals surface area (Å²) in [5.74, 6) is 0. The van der Waals surface area contributed by atoms with Crippen molar-refractivity contribution < 1.29 is 15.1 Å². The van der Waals surface area contributed by atoms with Gasteiger partial charge in [0.05, 0.1) is 24.2 Å². The molecule has 0 aliphatic heterocycles. The first-order chi connectivity index (χ1) is 7.58. The second kappa shape index (κ2) is 5.43. The molecule has 0 fully saturated rings. The van der Waals surface area contributed by atoms with Gasteiger partial charge in [-0.15, -0.1) is 0 Å². The van der Waals surface area contributed by atoms with Crippen molar-refractivity contribution in [3.63, 3.8) is 0 Å². The molecule has 6 nitrogen and oxygen atoms in total. The highest BCUT2D eigenvalue weighted by atomic mass is 16.6. The van der Waals surface area contributed by atoms with Gasteiger partial charge < -0.3 is 15.5 Å². The van der Waals surface area contributed by atoms with Gasteiger partial charge in [-0.25, -0.2) is 0 Å². The molecule has 0 aliphatic rings. The lowest BCUT2D eigenvalue weighted by atomic mass is 10.1. The molecule has 16 heavy (non-hydrogen) atoms. The zero-order valence-corrected chi connectivity index (χ0v) is 8.88. The number of hydrogen-bond acceptors (Lipinski definition) is 5. The fourth-order valence-electron chi connectivity index (χ4n) is 1.33. The second-order valence-electron chi connectivity index (χ2n) is 3.46. The number of hydrogen-bond donors (Lipinski definition) is 3. The predicted molar refractivity (Wildman–Crippen MR) is 59.4 cm³/mol. The smallest absolute Gasteiger partial charge is 0.272 e. The highest BCUT2D eigenvalue weighted by Gasteiger charge is 2.11. The molecule has 88 valence electrons. The Morgan fingerprint density at radius 1 is 1.44 bits per heavy atom. The number of aryl methyl sites for hydroxylation is 1. The van der Waals surface area contributed by atoms with E-state index in [1.165, 1.54) is 6.07 Å². The molecule has 0 saturated heterocycles. The maximum Gasteiger partial charge on any atom is 0.272 e. The van der Waals surface area contributed by atoms with Crippen LogP contribution in [0.1, 0.15) is 5.56 Å². The van der Waals surface area contributed by atoms with Crippen molar-refractivity contribution >= 4 is 11.4 Å². The first-order valence-corrected chi connectivity index (χ1v) is 4.81. The summed E-state index contributed by atoms with van der Waals surface area (Å²) in [4.78, 5) is 10.1. The monoisotopic (exact) mass is 226 g/mol. The maximum absolute atomic E-state index is 10.6. The summed E-state index contributed by atoms with van der Waals surface area (Å²) in [7, 11) is 0. The third-order valence-corrected chi connectivity index (χ3v) is 2.21. The fourth-order valence-corrected chi connectivity index (χ4v) is 1.33. The van der Waals surface area contributed by atoms with Gasteiger partial charge in [0, 0.05) is 17.3 Å². The largest absolute Gasteiger partial charge is 0.394 e. The first kappa shape index (κ1) is 12.4. The number of nitrogens with one attached hydrogen (secondary N) is 1. The zero-order valence-electron chi connectivity index (χ0n) is 8.88. The van der Waals surface area contributed by atoms with Gasteiger partial charge in [-0.2, -0.15) is 0 Å². The van der Waals surface area contributed by atoms with Gasteiger partial charge in [-0.3, -0.25) is 10.1 Å². The second-order valence-corrected chi connectivity index (χ2v) is 3.46. The van der Waals surface area contributed by atoms with E-state index in [4.69, 9.17) is 10.2 Å². The van der Waals surface area contributed by atoms with Crippen LogP contribution in [0.15, 0.2) is 18.2 Å². The van der Waals surface area contributed by atoms with Crippen molar-refractivity contribution in [2.45, 2.75) is 13.0 Å². The lowest BCUT2D eigenvalue weighted by molar-refractivity contribution is -0.385. The Bertz CT molecular complexity index is 377. The molecule has 0 bridgehead atoms. The van der Waals surface area contributed by atoms with Crippen molar-refractivity contribution in [2.24, 2.45) is 0 Å². The van der Waals surface area contributed by atoms with Gasteiger partial charge in [-0.05, 0) is 19.1 Å². The average Bonchev–Trinajstić information content (AvgIpc) is 2.25. The first-order valence-electron chi connectivity index (χ1n) is 4.81. The summed E-state index contributed by atoms with van der Waals surface area (Å²) in [6.45, 7) is 1.23. The number of nitro benzene ring substituents is 1. The molecule has 3 N–H and O–H groups in total. The van der Waals surface area contributed by atoms with Gasteiger partial charge in [0.15, 0.2) is 0 Å². The molecule has 1 aromatic rings. The summed E-state index contributed by atoms with van der Waals surface area (Å²) in [6, 6.07) is 4.09. The lowest BCUT2D eigenvalue weighted by Gasteiger charge is -2.14. The molecule has 0 spiro atoms. The topological polar surface area (TPSA) is 95.6 Å². The number of nitro groups is 1. The summed E-state index contributed by atoms with van der Waals surface area (Å²) >= 11 is 0. The van der Waals surface area contributed by atoms with Crippen molar-refractivity contribution in [2.75, 3.05) is 18.5 Å². The van der Waals surface area contributed by atoms with Crippen molar-refractivity contribution in [1.29, 1.82) is 0 Å². The number of anilines is 1. The lowest BCUT2D eigenvalue weighted by Crippen LogP contribution is -2.27. The molecule has 0 saturated carbocycles. The minimum atomic E-state index is -0.458. The van der Waals surface area contributed by atoms with E-state index in [1.54, 1.807) is 19.1 Å². The van der Waals surface area contributed by atoms with Crippen LogP contribution in [0.2, 0.25) is 0 Å². The molecule has 6 heteroatoms. The van der Waals surface area contributed by atoms with E-state index in [9.17, 15) is 10.1 Å². The van der Waals surface area contributed by atoms with Gasteiger partial charge >= 0.3 is 0 Å². The maximum atomic E-state index is 10.6. The zero-order chi connectivity index (χ0) is 12.1. The quantitative estimate of drug-likeness (QED) is 0.506. The molecule has 0 radical (unpaired) electrons. The summed E-state index contributed by atoms with van der Waals surface area (Å²) in [5, 5.41) is 31.2. The van der Waals surface area contributed by atoms with Crippen LogP contribution in [-0.2, 0) is 0 Å². The van der Waals surface area contributed by atoms with E-state index < -0.39 is 11.0 Å². The molecule has 0 atom stereocenters. The molecular weight excluding hydrogens is 212 g/mol. The number of benzene rings is 1. The summed E-state index contributed by atoms with van der Waals surface area (Å²) < 4.78 is 0. The standard InChI is InChI=1S/C10H14N2O4/c1-7-4-8(11-9(5-13)6-14)2-3-10(7)12(15)16/h2-4,9,11,13-14H,5-6H2,1H3. The molecule has 0 aliphatic carbocycles. The Morgan fingerprint density at radius 3 is 2.50 bits per heavy atom. The Kier molecular flexibility index (Phi) is 4.21. The summed E-state index contributed by atoms with van der Waals surface area (Å²) in [5.41, 5.74) is 1.22. The van der Waals surface area contributed by atoms with Crippen LogP contribution in [0, 0.1) is 17.0 Å². The Balaban J connectivity index is 2.84. The highest BCUT2D eigenvalue weighted by molar-refractivity contribution is 5.54. The molecule has 0 unspecified atom stereocenters. The third-order valence-electron chi connectivity index (χ3n) is 2.21. The van der Waals surface area contributed by atoms with E-state index in [2.05, 4.69) is 5.32 Å². The van der Waals surface area contributed by atoms with Crippen LogP contribution in [0.3, 0.4) is 0 Å². The average molecular weight is 226 g/mol. The van der Waals surface area contributed by atoms with E-state index in [1.807, 2.05) is 0 Å². The minimum absolute atomic E-state index is 0.0510. The molecule has 1 aromatic carbocycles. The van der Waals surface area contributed by atoms with Gasteiger partial charge in [0.25, 0.3) is 5.69 Å². The van der Waals surface area contributed by atoms with E-state index in [0.717, 1.165) is 0 Å². The van der Waals surface area contributed by atoms with Crippen LogP contribution >= 0.6 is 0 Å². The SMILES string of the molecule is Cc1cc(NC(CO)CO)ccc1[N+](=O)[O-]. The van der Waals surface area contributed by atoms with Crippen LogP contribution in [0.25, 0.3) is 0 Å². The van der Waals surface area contributed by atoms with Gasteiger partial charge in [0.1, 0.15) is 0 Å². The van der Waals surface area contributed by atoms with E-state index >= 15 is 0 Å². The Labute approximate surface area is 92.7 Å². The van der Waals surface area contributed by atoms with Crippen molar-refractivity contribution in [3.05, 3.63) is 33.9 Å².